The van der Waals surface area contributed by atoms with Gasteiger partial charge in [0.25, 0.3) is 0 Å². The first-order valence-corrected chi connectivity index (χ1v) is 7.84. The van der Waals surface area contributed by atoms with Gasteiger partial charge in [0.05, 0.1) is 5.69 Å². The van der Waals surface area contributed by atoms with Gasteiger partial charge in [-0.1, -0.05) is 28.1 Å². The molecule has 1 atom stereocenters. The van der Waals surface area contributed by atoms with Gasteiger partial charge in [0.2, 0.25) is 0 Å². The highest BCUT2D eigenvalue weighted by molar-refractivity contribution is 9.10. The van der Waals surface area contributed by atoms with E-state index in [0.29, 0.717) is 5.92 Å². The second kappa shape index (κ2) is 5.11. The standard InChI is InChI=1S/C14H15BrN2S/c15-11-3-1-2-10(8-11)14-17-13-9(6-7-16)4-5-12(13)18-14/h1-3,8-9H,4-7,16H2. The molecule has 0 saturated carbocycles. The van der Waals surface area contributed by atoms with E-state index in [1.165, 1.54) is 29.0 Å². The van der Waals surface area contributed by atoms with Crippen LogP contribution in [0.1, 0.15) is 29.3 Å². The molecule has 0 bridgehead atoms. The second-order valence-electron chi connectivity index (χ2n) is 4.65. The molecule has 2 aromatic rings. The van der Waals surface area contributed by atoms with Gasteiger partial charge >= 0.3 is 0 Å². The van der Waals surface area contributed by atoms with Crippen LogP contribution in [0.4, 0.5) is 0 Å². The summed E-state index contributed by atoms with van der Waals surface area (Å²) in [5.74, 6) is 0.585. The molecule has 1 aromatic heterocycles. The molecule has 1 aromatic carbocycles. The fourth-order valence-corrected chi connectivity index (χ4v) is 4.09. The summed E-state index contributed by atoms with van der Waals surface area (Å²) in [6.07, 6.45) is 3.46. The minimum atomic E-state index is 0.585. The van der Waals surface area contributed by atoms with Crippen LogP contribution in [0.15, 0.2) is 28.7 Å². The maximum atomic E-state index is 5.67. The van der Waals surface area contributed by atoms with Crippen LogP contribution in [-0.2, 0) is 6.42 Å². The average molecular weight is 323 g/mol. The smallest absolute Gasteiger partial charge is 0.123 e. The number of thiazole rings is 1. The van der Waals surface area contributed by atoms with Crippen molar-refractivity contribution < 1.29 is 0 Å². The predicted octanol–water partition coefficient (Wildman–Crippen LogP) is 3.95. The molecule has 18 heavy (non-hydrogen) atoms. The summed E-state index contributed by atoms with van der Waals surface area (Å²) in [5, 5.41) is 1.14. The highest BCUT2D eigenvalue weighted by Crippen LogP contribution is 2.41. The third kappa shape index (κ3) is 2.25. The third-order valence-electron chi connectivity index (χ3n) is 3.42. The summed E-state index contributed by atoms with van der Waals surface area (Å²) in [5.41, 5.74) is 8.18. The maximum Gasteiger partial charge on any atom is 0.123 e. The van der Waals surface area contributed by atoms with Gasteiger partial charge in [0.1, 0.15) is 5.01 Å². The van der Waals surface area contributed by atoms with Gasteiger partial charge in [0, 0.05) is 20.8 Å². The summed E-state index contributed by atoms with van der Waals surface area (Å²) in [7, 11) is 0. The number of nitrogens with two attached hydrogens (primary N) is 1. The summed E-state index contributed by atoms with van der Waals surface area (Å²) in [6, 6.07) is 8.36. The molecule has 2 N–H and O–H groups in total. The van der Waals surface area contributed by atoms with Gasteiger partial charge < -0.3 is 5.73 Å². The average Bonchev–Trinajstić information content (AvgIpc) is 2.92. The van der Waals surface area contributed by atoms with Crippen molar-refractivity contribution in [2.24, 2.45) is 5.73 Å². The van der Waals surface area contributed by atoms with E-state index in [4.69, 9.17) is 10.7 Å². The summed E-state index contributed by atoms with van der Waals surface area (Å²) >= 11 is 5.35. The first-order chi connectivity index (χ1) is 8.78. The van der Waals surface area contributed by atoms with E-state index in [0.717, 1.165) is 22.4 Å². The lowest BCUT2D eigenvalue weighted by molar-refractivity contribution is 0.616. The minimum Gasteiger partial charge on any atom is -0.330 e. The van der Waals surface area contributed by atoms with E-state index in [1.807, 2.05) is 17.4 Å². The van der Waals surface area contributed by atoms with Crippen molar-refractivity contribution in [3.8, 4) is 10.6 Å². The first kappa shape index (κ1) is 12.3. The van der Waals surface area contributed by atoms with E-state index in [1.54, 1.807) is 0 Å². The molecule has 1 unspecified atom stereocenters. The number of fused-ring (bicyclic) bond motifs is 1. The number of hydrogen-bond acceptors (Lipinski definition) is 3. The summed E-state index contributed by atoms with van der Waals surface area (Å²) < 4.78 is 1.11. The summed E-state index contributed by atoms with van der Waals surface area (Å²) in [4.78, 5) is 6.31. The number of halogens is 1. The molecule has 0 radical (unpaired) electrons. The summed E-state index contributed by atoms with van der Waals surface area (Å²) in [6.45, 7) is 0.758. The van der Waals surface area contributed by atoms with Crippen molar-refractivity contribution in [1.29, 1.82) is 0 Å². The third-order valence-corrected chi connectivity index (χ3v) is 5.09. The number of aryl methyl sites for hydroxylation is 1. The molecule has 0 saturated heterocycles. The Morgan fingerprint density at radius 3 is 3.11 bits per heavy atom. The van der Waals surface area contributed by atoms with Crippen molar-refractivity contribution in [2.75, 3.05) is 6.54 Å². The first-order valence-electron chi connectivity index (χ1n) is 6.23. The normalized spacial score (nSPS) is 18.0. The molecule has 0 amide bonds. The largest absolute Gasteiger partial charge is 0.330 e. The molecule has 94 valence electrons. The highest BCUT2D eigenvalue weighted by Gasteiger charge is 2.26. The molecule has 0 spiro atoms. The Hall–Kier alpha value is -0.710. The Bertz CT molecular complexity index is 565. The molecule has 4 heteroatoms. The van der Waals surface area contributed by atoms with Crippen LogP contribution in [0.3, 0.4) is 0 Å². The van der Waals surface area contributed by atoms with Crippen molar-refractivity contribution in [3.63, 3.8) is 0 Å². The van der Waals surface area contributed by atoms with Crippen LogP contribution < -0.4 is 5.73 Å². The number of benzene rings is 1. The van der Waals surface area contributed by atoms with Gasteiger partial charge in [-0.2, -0.15) is 0 Å². The van der Waals surface area contributed by atoms with E-state index < -0.39 is 0 Å². The topological polar surface area (TPSA) is 38.9 Å². The van der Waals surface area contributed by atoms with Crippen LogP contribution in [0.5, 0.6) is 0 Å². The van der Waals surface area contributed by atoms with E-state index in [-0.39, 0.29) is 0 Å². The zero-order chi connectivity index (χ0) is 12.5. The second-order valence-corrected chi connectivity index (χ2v) is 6.65. The predicted molar refractivity (Wildman–Crippen MR) is 80.0 cm³/mol. The molecule has 1 aliphatic carbocycles. The quantitative estimate of drug-likeness (QED) is 0.929. The Balaban J connectivity index is 1.94. The van der Waals surface area contributed by atoms with E-state index in [9.17, 15) is 0 Å². The number of nitrogens with zero attached hydrogens (tertiary/aromatic N) is 1. The lowest BCUT2D eigenvalue weighted by atomic mass is 10.0. The van der Waals surface area contributed by atoms with Crippen LogP contribution in [0, 0.1) is 0 Å². The molecule has 1 heterocycles. The van der Waals surface area contributed by atoms with Crippen LogP contribution >= 0.6 is 27.3 Å². The molecule has 3 rings (SSSR count). The van der Waals surface area contributed by atoms with Gasteiger partial charge in [-0.25, -0.2) is 4.98 Å². The van der Waals surface area contributed by atoms with Crippen molar-refractivity contribution in [2.45, 2.75) is 25.2 Å². The number of rotatable bonds is 3. The Morgan fingerprint density at radius 1 is 1.44 bits per heavy atom. The van der Waals surface area contributed by atoms with E-state index >= 15 is 0 Å². The minimum absolute atomic E-state index is 0.585. The Kier molecular flexibility index (Phi) is 3.50. The molecular weight excluding hydrogens is 308 g/mol. The molecule has 0 aliphatic heterocycles. The molecule has 0 fully saturated rings. The fraction of sp³-hybridized carbons (Fsp3) is 0.357. The Labute approximate surface area is 119 Å². The lowest BCUT2D eigenvalue weighted by Crippen LogP contribution is -2.05. The monoisotopic (exact) mass is 322 g/mol. The zero-order valence-corrected chi connectivity index (χ0v) is 12.4. The van der Waals surface area contributed by atoms with Gasteiger partial charge in [-0.3, -0.25) is 0 Å². The van der Waals surface area contributed by atoms with Gasteiger partial charge in [-0.15, -0.1) is 11.3 Å². The Morgan fingerprint density at radius 2 is 2.33 bits per heavy atom. The van der Waals surface area contributed by atoms with E-state index in [2.05, 4.69) is 34.1 Å². The van der Waals surface area contributed by atoms with Crippen molar-refractivity contribution in [1.82, 2.24) is 4.98 Å². The van der Waals surface area contributed by atoms with Crippen molar-refractivity contribution in [3.05, 3.63) is 39.3 Å². The van der Waals surface area contributed by atoms with Gasteiger partial charge in [-0.05, 0) is 37.9 Å². The SMILES string of the molecule is NCCC1CCc2sc(-c3cccc(Br)c3)nc21. The van der Waals surface area contributed by atoms with Crippen LogP contribution in [-0.4, -0.2) is 11.5 Å². The molecule has 2 nitrogen and oxygen atoms in total. The van der Waals surface area contributed by atoms with Gasteiger partial charge in [0.15, 0.2) is 0 Å². The number of hydrogen-bond donors (Lipinski definition) is 1. The number of aromatic nitrogens is 1. The van der Waals surface area contributed by atoms with Crippen LogP contribution in [0.2, 0.25) is 0 Å². The van der Waals surface area contributed by atoms with Crippen molar-refractivity contribution >= 4 is 27.3 Å². The maximum absolute atomic E-state index is 5.67. The lowest BCUT2D eigenvalue weighted by Gasteiger charge is -2.06. The molecular formula is C14H15BrN2S. The zero-order valence-electron chi connectivity index (χ0n) is 10.0. The highest BCUT2D eigenvalue weighted by atomic mass is 79.9. The fourth-order valence-electron chi connectivity index (χ4n) is 2.53. The van der Waals surface area contributed by atoms with Crippen LogP contribution in [0.25, 0.3) is 10.6 Å². The molecule has 1 aliphatic rings.